The summed E-state index contributed by atoms with van der Waals surface area (Å²) < 4.78 is 19.0. The lowest BCUT2D eigenvalue weighted by Gasteiger charge is -2.17. The molecule has 2 rings (SSSR count). The lowest BCUT2D eigenvalue weighted by atomic mass is 10.1. The van der Waals surface area contributed by atoms with Crippen LogP contribution in [0.4, 0.5) is 4.39 Å². The fraction of sp³-hybridized carbons (Fsp3) is 0.556. The van der Waals surface area contributed by atoms with E-state index in [2.05, 4.69) is 0 Å². The van der Waals surface area contributed by atoms with Crippen LogP contribution in [-0.4, -0.2) is 47.8 Å². The Morgan fingerprint density at radius 2 is 1.96 bits per heavy atom. The van der Waals surface area contributed by atoms with Crippen molar-refractivity contribution in [2.45, 2.75) is 44.2 Å². The van der Waals surface area contributed by atoms with Gasteiger partial charge in [0.15, 0.2) is 0 Å². The van der Waals surface area contributed by atoms with Gasteiger partial charge in [0.1, 0.15) is 5.75 Å². The number of nitrogens with zero attached hydrogens (tertiary/aromatic N) is 1. The van der Waals surface area contributed by atoms with E-state index in [1.54, 1.807) is 7.11 Å². The lowest BCUT2D eigenvalue weighted by molar-refractivity contribution is -0.150. The van der Waals surface area contributed by atoms with Gasteiger partial charge < -0.3 is 14.7 Å². The molecule has 6 heteroatoms. The van der Waals surface area contributed by atoms with Crippen molar-refractivity contribution in [3.05, 3.63) is 29.8 Å². The Kier molecular flexibility index (Phi) is 6.17. The van der Waals surface area contributed by atoms with Crippen LogP contribution >= 0.6 is 0 Å². The zero-order valence-corrected chi connectivity index (χ0v) is 14.0. The number of amides is 1. The van der Waals surface area contributed by atoms with Crippen LogP contribution in [0.2, 0.25) is 0 Å². The molecule has 1 fully saturated rings. The van der Waals surface area contributed by atoms with Gasteiger partial charge in [0.05, 0.1) is 13.7 Å². The molecular weight excluding hydrogens is 313 g/mol. The van der Waals surface area contributed by atoms with Crippen molar-refractivity contribution in [3.63, 3.8) is 0 Å². The number of aliphatic carboxylic acids is 1. The standard InChI is InChI=1S/C18H24FNO4/c1-24-15-9-7-14(8-10-15)5-3-2-4-6-16(21)20-12-11-18(19,13-20)17(22)23/h7-10H,2-6,11-13H2,1H3,(H,22,23). The Labute approximate surface area is 141 Å². The van der Waals surface area contributed by atoms with E-state index in [1.807, 2.05) is 24.3 Å². The molecule has 0 aromatic heterocycles. The number of carboxylic acid groups (broad SMARTS) is 1. The molecule has 1 unspecified atom stereocenters. The van der Waals surface area contributed by atoms with E-state index in [0.717, 1.165) is 31.4 Å². The second-order valence-electron chi connectivity index (χ2n) is 6.24. The highest BCUT2D eigenvalue weighted by Gasteiger charge is 2.46. The van der Waals surface area contributed by atoms with Gasteiger partial charge in [-0.15, -0.1) is 0 Å². The predicted molar refractivity (Wildman–Crippen MR) is 87.8 cm³/mol. The minimum atomic E-state index is -2.27. The summed E-state index contributed by atoms with van der Waals surface area (Å²) in [6.45, 7) is -0.138. The van der Waals surface area contributed by atoms with Crippen LogP contribution in [-0.2, 0) is 16.0 Å². The molecule has 132 valence electrons. The average Bonchev–Trinajstić information content (AvgIpc) is 2.99. The fourth-order valence-corrected chi connectivity index (χ4v) is 2.89. The minimum Gasteiger partial charge on any atom is -0.497 e. The molecule has 0 bridgehead atoms. The van der Waals surface area contributed by atoms with Crippen LogP contribution in [0.25, 0.3) is 0 Å². The fourth-order valence-electron chi connectivity index (χ4n) is 2.89. The maximum absolute atomic E-state index is 13.9. The first-order valence-electron chi connectivity index (χ1n) is 8.27. The number of rotatable bonds is 8. The molecule has 1 saturated heterocycles. The molecule has 1 atom stereocenters. The molecule has 1 heterocycles. The van der Waals surface area contributed by atoms with E-state index in [1.165, 1.54) is 10.5 Å². The summed E-state index contributed by atoms with van der Waals surface area (Å²) in [7, 11) is 1.63. The highest BCUT2D eigenvalue weighted by atomic mass is 19.1. The summed E-state index contributed by atoms with van der Waals surface area (Å²) in [5, 5.41) is 8.84. The second kappa shape index (κ2) is 8.13. The van der Waals surface area contributed by atoms with Crippen LogP contribution in [0, 0.1) is 0 Å². The van der Waals surface area contributed by atoms with Gasteiger partial charge >= 0.3 is 5.97 Å². The number of benzene rings is 1. The summed E-state index contributed by atoms with van der Waals surface area (Å²) in [5.74, 6) is -0.794. The largest absolute Gasteiger partial charge is 0.497 e. The van der Waals surface area contributed by atoms with Gasteiger partial charge in [0.25, 0.3) is 0 Å². The van der Waals surface area contributed by atoms with Gasteiger partial charge in [0, 0.05) is 19.4 Å². The summed E-state index contributed by atoms with van der Waals surface area (Å²) in [4.78, 5) is 24.2. The number of likely N-dealkylation sites (tertiary alicyclic amines) is 1. The second-order valence-corrected chi connectivity index (χ2v) is 6.24. The van der Waals surface area contributed by atoms with Crippen LogP contribution in [0.5, 0.6) is 5.75 Å². The Morgan fingerprint density at radius 3 is 2.54 bits per heavy atom. The van der Waals surface area contributed by atoms with Crippen LogP contribution in [0.1, 0.15) is 37.7 Å². The Morgan fingerprint density at radius 1 is 1.25 bits per heavy atom. The SMILES string of the molecule is COc1ccc(CCCCCC(=O)N2CCC(F)(C(=O)O)C2)cc1. The highest BCUT2D eigenvalue weighted by Crippen LogP contribution is 2.26. The number of unbranched alkanes of at least 4 members (excludes halogenated alkanes) is 2. The number of carboxylic acids is 1. The third kappa shape index (κ3) is 4.69. The molecule has 1 aliphatic heterocycles. The highest BCUT2D eigenvalue weighted by molar-refractivity contribution is 5.82. The van der Waals surface area contributed by atoms with Crippen molar-refractivity contribution in [1.82, 2.24) is 4.90 Å². The molecule has 1 aliphatic rings. The molecule has 1 amide bonds. The predicted octanol–water partition coefficient (Wildman–Crippen LogP) is 2.82. The van der Waals surface area contributed by atoms with Crippen molar-refractivity contribution in [1.29, 1.82) is 0 Å². The van der Waals surface area contributed by atoms with Crippen LogP contribution in [0.3, 0.4) is 0 Å². The quantitative estimate of drug-likeness (QED) is 0.741. The molecule has 24 heavy (non-hydrogen) atoms. The van der Waals surface area contributed by atoms with Gasteiger partial charge in [-0.3, -0.25) is 4.79 Å². The maximum Gasteiger partial charge on any atom is 0.343 e. The molecule has 5 nitrogen and oxygen atoms in total. The zero-order chi connectivity index (χ0) is 17.6. The Balaban J connectivity index is 1.63. The lowest BCUT2D eigenvalue weighted by Crippen LogP contribution is -2.38. The molecule has 1 aromatic rings. The number of alkyl halides is 1. The van der Waals surface area contributed by atoms with Crippen molar-refractivity contribution in [2.75, 3.05) is 20.2 Å². The van der Waals surface area contributed by atoms with Crippen LogP contribution in [0.15, 0.2) is 24.3 Å². The summed E-state index contributed by atoms with van der Waals surface area (Å²) in [6, 6.07) is 7.91. The molecular formula is C18H24FNO4. The van der Waals surface area contributed by atoms with Crippen molar-refractivity contribution >= 4 is 11.9 Å². The molecule has 1 aromatic carbocycles. The number of methoxy groups -OCH3 is 1. The van der Waals surface area contributed by atoms with E-state index in [9.17, 15) is 14.0 Å². The number of halogens is 1. The first-order chi connectivity index (χ1) is 11.4. The molecule has 0 spiro atoms. The Hall–Kier alpha value is -2.11. The zero-order valence-electron chi connectivity index (χ0n) is 14.0. The Bertz CT molecular complexity index is 575. The van der Waals surface area contributed by atoms with Crippen molar-refractivity contribution < 1.29 is 23.8 Å². The topological polar surface area (TPSA) is 66.8 Å². The number of ether oxygens (including phenoxy) is 1. The third-order valence-electron chi connectivity index (χ3n) is 4.47. The van der Waals surface area contributed by atoms with Gasteiger partial charge in [-0.1, -0.05) is 18.6 Å². The van der Waals surface area contributed by atoms with Gasteiger partial charge in [-0.2, -0.15) is 0 Å². The summed E-state index contributed by atoms with van der Waals surface area (Å²) in [6.07, 6.45) is 3.78. The van der Waals surface area contributed by atoms with Gasteiger partial charge in [-0.05, 0) is 37.0 Å². The smallest absolute Gasteiger partial charge is 0.343 e. The molecule has 0 aliphatic carbocycles. The van der Waals surface area contributed by atoms with E-state index < -0.39 is 11.6 Å². The minimum absolute atomic E-state index is 0.120. The van der Waals surface area contributed by atoms with E-state index in [-0.39, 0.29) is 25.4 Å². The maximum atomic E-state index is 13.9. The van der Waals surface area contributed by atoms with Crippen molar-refractivity contribution in [2.24, 2.45) is 0 Å². The molecule has 0 radical (unpaired) electrons. The summed E-state index contributed by atoms with van der Waals surface area (Å²) in [5.41, 5.74) is -1.05. The number of hydrogen-bond donors (Lipinski definition) is 1. The number of hydrogen-bond acceptors (Lipinski definition) is 3. The number of carbonyl (C=O) groups is 2. The van der Waals surface area contributed by atoms with Gasteiger partial charge in [-0.25, -0.2) is 9.18 Å². The first kappa shape index (κ1) is 18.2. The molecule has 0 saturated carbocycles. The van der Waals surface area contributed by atoms with E-state index >= 15 is 0 Å². The normalized spacial score (nSPS) is 20.2. The monoisotopic (exact) mass is 337 g/mol. The van der Waals surface area contributed by atoms with E-state index in [0.29, 0.717) is 6.42 Å². The summed E-state index contributed by atoms with van der Waals surface area (Å²) >= 11 is 0. The average molecular weight is 337 g/mol. The number of aryl methyl sites for hydroxylation is 1. The van der Waals surface area contributed by atoms with E-state index in [4.69, 9.17) is 9.84 Å². The van der Waals surface area contributed by atoms with Crippen LogP contribution < -0.4 is 4.74 Å². The van der Waals surface area contributed by atoms with Crippen molar-refractivity contribution in [3.8, 4) is 5.75 Å². The van der Waals surface area contributed by atoms with Gasteiger partial charge in [0.2, 0.25) is 11.6 Å². The third-order valence-corrected chi connectivity index (χ3v) is 4.47. The molecule has 1 N–H and O–H groups in total. The number of carbonyl (C=O) groups excluding carboxylic acids is 1. The first-order valence-corrected chi connectivity index (χ1v) is 8.27.